The number of thioether (sulfide) groups is 1. The summed E-state index contributed by atoms with van der Waals surface area (Å²) in [6, 6.07) is 4.65. The average molecular weight is 470 g/mol. The normalized spacial score (nSPS) is 31.2. The molecule has 9 heteroatoms. The van der Waals surface area contributed by atoms with Gasteiger partial charge in [0.2, 0.25) is 5.91 Å². The maximum Gasteiger partial charge on any atom is 0.258 e. The third-order valence-corrected chi connectivity index (χ3v) is 8.28. The van der Waals surface area contributed by atoms with Crippen molar-refractivity contribution >= 4 is 35.2 Å². The van der Waals surface area contributed by atoms with Gasteiger partial charge in [-0.1, -0.05) is 18.5 Å². The Kier molecular flexibility index (Phi) is 6.98. The van der Waals surface area contributed by atoms with Crippen LogP contribution in [0, 0.1) is 17.7 Å². The average Bonchev–Trinajstić information content (AvgIpc) is 3.42. The van der Waals surface area contributed by atoms with E-state index in [0.717, 1.165) is 37.5 Å². The van der Waals surface area contributed by atoms with Gasteiger partial charge in [0.15, 0.2) is 6.61 Å². The molecule has 0 aromatic heterocycles. The second-order valence-electron chi connectivity index (χ2n) is 8.85. The summed E-state index contributed by atoms with van der Waals surface area (Å²) in [5, 5.41) is 10.1. The van der Waals surface area contributed by atoms with E-state index >= 15 is 0 Å². The van der Waals surface area contributed by atoms with Gasteiger partial charge in [0.1, 0.15) is 11.6 Å². The number of carbonyl (C=O) groups is 2. The van der Waals surface area contributed by atoms with Crippen molar-refractivity contribution in [3.05, 3.63) is 29.0 Å². The first-order chi connectivity index (χ1) is 14.9. The Labute approximate surface area is 191 Å². The lowest BCUT2D eigenvalue weighted by Gasteiger charge is -2.39. The molecule has 3 N–H and O–H groups in total. The van der Waals surface area contributed by atoms with E-state index in [-0.39, 0.29) is 40.7 Å². The summed E-state index contributed by atoms with van der Waals surface area (Å²) in [5.41, 5.74) is -0.310. The number of benzene rings is 1. The molecule has 1 saturated heterocycles. The Hall–Kier alpha value is -1.51. The van der Waals surface area contributed by atoms with Crippen LogP contribution in [0.4, 0.5) is 4.39 Å². The number of ether oxygens (including phenoxy) is 1. The fourth-order valence-electron chi connectivity index (χ4n) is 4.94. The summed E-state index contributed by atoms with van der Waals surface area (Å²) in [6.07, 6.45) is 4.37. The van der Waals surface area contributed by atoms with Crippen LogP contribution in [0.2, 0.25) is 5.02 Å². The summed E-state index contributed by atoms with van der Waals surface area (Å²) in [7, 11) is 0. The molecule has 4 aliphatic rings. The number of amides is 2. The van der Waals surface area contributed by atoms with Crippen molar-refractivity contribution < 1.29 is 18.7 Å². The number of hydrogen-bond donors (Lipinski definition) is 3. The van der Waals surface area contributed by atoms with Crippen LogP contribution >= 0.6 is 23.4 Å². The van der Waals surface area contributed by atoms with Crippen LogP contribution < -0.4 is 20.7 Å². The molecule has 0 spiro atoms. The molecular weight excluding hydrogens is 441 g/mol. The number of nitrogens with one attached hydrogen (secondary N) is 3. The van der Waals surface area contributed by atoms with Crippen molar-refractivity contribution in [1.82, 2.24) is 16.0 Å². The van der Waals surface area contributed by atoms with Crippen molar-refractivity contribution in [2.24, 2.45) is 11.8 Å². The Morgan fingerprint density at radius 1 is 1.35 bits per heavy atom. The summed E-state index contributed by atoms with van der Waals surface area (Å²) in [5.74, 6) is 0.932. The Morgan fingerprint density at radius 2 is 2.16 bits per heavy atom. The van der Waals surface area contributed by atoms with Gasteiger partial charge in [-0.2, -0.15) is 0 Å². The molecule has 3 atom stereocenters. The summed E-state index contributed by atoms with van der Waals surface area (Å²) in [6.45, 7) is 2.66. The van der Waals surface area contributed by atoms with Crippen LogP contribution in [0.3, 0.4) is 0 Å². The molecule has 4 fully saturated rings. The van der Waals surface area contributed by atoms with Crippen LogP contribution in [0.5, 0.6) is 5.75 Å². The number of carbonyl (C=O) groups excluding carboxylic acids is 2. The third-order valence-electron chi connectivity index (χ3n) is 6.61. The molecule has 1 aromatic carbocycles. The van der Waals surface area contributed by atoms with E-state index in [9.17, 15) is 14.0 Å². The van der Waals surface area contributed by atoms with Crippen molar-refractivity contribution in [2.45, 2.75) is 56.0 Å². The van der Waals surface area contributed by atoms with Gasteiger partial charge in [0.05, 0.1) is 10.4 Å². The van der Waals surface area contributed by atoms with Crippen molar-refractivity contribution in [3.8, 4) is 5.75 Å². The molecule has 0 radical (unpaired) electrons. The van der Waals surface area contributed by atoms with Crippen molar-refractivity contribution in [1.29, 1.82) is 0 Å². The SMILES string of the molecule is CCC1CSC(CCNC(=O)[C@@H]2CC3(NC(=O)COc4ccc(Cl)c(F)c4)CC2C3)N1. The van der Waals surface area contributed by atoms with E-state index in [2.05, 4.69) is 22.9 Å². The first-order valence-electron chi connectivity index (χ1n) is 10.9. The molecule has 1 heterocycles. The second kappa shape index (κ2) is 9.55. The van der Waals surface area contributed by atoms with E-state index in [1.807, 2.05) is 11.8 Å². The quantitative estimate of drug-likeness (QED) is 0.518. The van der Waals surface area contributed by atoms with E-state index in [4.69, 9.17) is 16.3 Å². The number of rotatable bonds is 9. The van der Waals surface area contributed by atoms with Crippen LogP contribution in [-0.4, -0.2) is 47.7 Å². The predicted molar refractivity (Wildman–Crippen MR) is 120 cm³/mol. The molecule has 3 saturated carbocycles. The maximum atomic E-state index is 13.5. The zero-order valence-corrected chi connectivity index (χ0v) is 19.2. The molecule has 6 nitrogen and oxygen atoms in total. The van der Waals surface area contributed by atoms with Gasteiger partial charge in [-0.15, -0.1) is 11.8 Å². The van der Waals surface area contributed by atoms with Gasteiger partial charge < -0.3 is 20.7 Å². The molecule has 170 valence electrons. The smallest absolute Gasteiger partial charge is 0.258 e. The highest BCUT2D eigenvalue weighted by Gasteiger charge is 2.58. The lowest BCUT2D eigenvalue weighted by molar-refractivity contribution is -0.126. The summed E-state index contributed by atoms with van der Waals surface area (Å²) < 4.78 is 18.8. The van der Waals surface area contributed by atoms with Gasteiger partial charge >= 0.3 is 0 Å². The van der Waals surface area contributed by atoms with Crippen molar-refractivity contribution in [3.63, 3.8) is 0 Å². The largest absolute Gasteiger partial charge is 0.484 e. The lowest BCUT2D eigenvalue weighted by Crippen LogP contribution is -2.53. The van der Waals surface area contributed by atoms with Gasteiger partial charge in [-0.25, -0.2) is 4.39 Å². The van der Waals surface area contributed by atoms with Gasteiger partial charge in [0, 0.05) is 35.9 Å². The van der Waals surface area contributed by atoms with Gasteiger partial charge in [-0.3, -0.25) is 9.59 Å². The fourth-order valence-corrected chi connectivity index (χ4v) is 6.43. The van der Waals surface area contributed by atoms with E-state index in [1.54, 1.807) is 0 Å². The molecule has 2 amide bonds. The molecular formula is C22H29ClFN3O3S. The predicted octanol–water partition coefficient (Wildman–Crippen LogP) is 3.09. The van der Waals surface area contributed by atoms with Crippen LogP contribution in [0.1, 0.15) is 39.0 Å². The molecule has 5 rings (SSSR count). The summed E-state index contributed by atoms with van der Waals surface area (Å²) >= 11 is 7.58. The minimum Gasteiger partial charge on any atom is -0.484 e. The first-order valence-corrected chi connectivity index (χ1v) is 12.3. The number of fused-ring (bicyclic) bond motifs is 1. The van der Waals surface area contributed by atoms with Crippen molar-refractivity contribution in [2.75, 3.05) is 18.9 Å². The highest BCUT2D eigenvalue weighted by Crippen LogP contribution is 2.55. The standard InChI is InChI=1S/C22H29ClFN3O3S/c1-2-14-12-31-20(26-14)5-6-25-21(29)16-10-22(8-13(16)9-22)27-19(28)11-30-15-3-4-17(23)18(24)7-15/h3-4,7,13-14,16,20,26H,2,5-6,8-12H2,1H3,(H,25,29)(H,27,28)/t13?,14?,16-,20?,22?/m1/s1. The molecule has 1 aliphatic heterocycles. The zero-order chi connectivity index (χ0) is 22.0. The van der Waals surface area contributed by atoms with Crippen LogP contribution in [-0.2, 0) is 9.59 Å². The topological polar surface area (TPSA) is 79.5 Å². The van der Waals surface area contributed by atoms with E-state index in [1.165, 1.54) is 12.1 Å². The second-order valence-corrected chi connectivity index (χ2v) is 10.5. The molecule has 2 unspecified atom stereocenters. The van der Waals surface area contributed by atoms with E-state index < -0.39 is 5.82 Å². The van der Waals surface area contributed by atoms with Crippen LogP contribution in [0.15, 0.2) is 18.2 Å². The minimum atomic E-state index is -0.586. The molecule has 3 aliphatic carbocycles. The molecule has 31 heavy (non-hydrogen) atoms. The number of halogens is 2. The highest BCUT2D eigenvalue weighted by atomic mass is 35.5. The summed E-state index contributed by atoms with van der Waals surface area (Å²) in [4.78, 5) is 25.0. The minimum absolute atomic E-state index is 0.00916. The molecule has 2 bridgehead atoms. The first kappa shape index (κ1) is 22.7. The Bertz CT molecular complexity index is 836. The fraction of sp³-hybridized carbons (Fsp3) is 0.636. The Morgan fingerprint density at radius 3 is 2.87 bits per heavy atom. The molecule has 1 aromatic rings. The number of hydrogen-bond acceptors (Lipinski definition) is 5. The Balaban J connectivity index is 1.17. The van der Waals surface area contributed by atoms with Gasteiger partial charge in [-0.05, 0) is 50.2 Å². The lowest BCUT2D eigenvalue weighted by atomic mass is 9.76. The third kappa shape index (κ3) is 5.29. The maximum absolute atomic E-state index is 13.5. The van der Waals surface area contributed by atoms with Gasteiger partial charge in [0.25, 0.3) is 5.91 Å². The van der Waals surface area contributed by atoms with Crippen LogP contribution in [0.25, 0.3) is 0 Å². The highest BCUT2D eigenvalue weighted by molar-refractivity contribution is 8.00. The monoisotopic (exact) mass is 469 g/mol. The van der Waals surface area contributed by atoms with E-state index in [0.29, 0.717) is 30.3 Å². The zero-order valence-electron chi connectivity index (χ0n) is 17.6.